The number of rotatable bonds is 5. The van der Waals surface area contributed by atoms with Gasteiger partial charge in [-0.15, -0.1) is 0 Å². The van der Waals surface area contributed by atoms with E-state index in [1.807, 2.05) is 26.8 Å². The molecule has 0 aromatic heterocycles. The molecule has 128 valence electrons. The Labute approximate surface area is 139 Å². The van der Waals surface area contributed by atoms with E-state index in [1.54, 1.807) is 12.1 Å². The van der Waals surface area contributed by atoms with Crippen molar-refractivity contribution in [2.75, 3.05) is 0 Å². The van der Waals surface area contributed by atoms with Crippen molar-refractivity contribution in [3.05, 3.63) is 39.4 Å². The number of aliphatic hydroxyl groups is 1. The van der Waals surface area contributed by atoms with Crippen LogP contribution < -0.4 is 0 Å². The highest BCUT2D eigenvalue weighted by Crippen LogP contribution is 2.35. The normalized spacial score (nSPS) is 17.9. The summed E-state index contributed by atoms with van der Waals surface area (Å²) in [4.78, 5) is 11.1. The molecule has 0 spiro atoms. The first-order valence-electron chi connectivity index (χ1n) is 8.74. The van der Waals surface area contributed by atoms with Crippen LogP contribution in [0.25, 0.3) is 0 Å². The lowest BCUT2D eigenvalue weighted by Crippen LogP contribution is -2.22. The van der Waals surface area contributed by atoms with Crippen molar-refractivity contribution in [2.45, 2.75) is 77.2 Å². The summed E-state index contributed by atoms with van der Waals surface area (Å²) in [7, 11) is 0. The molecule has 1 unspecified atom stereocenters. The number of nitro benzene ring substituents is 1. The molecule has 1 aromatic rings. The van der Waals surface area contributed by atoms with E-state index in [2.05, 4.69) is 0 Å². The summed E-state index contributed by atoms with van der Waals surface area (Å²) in [6.07, 6.45) is 7.16. The van der Waals surface area contributed by atoms with E-state index in [4.69, 9.17) is 0 Å². The molecule has 0 saturated heterocycles. The van der Waals surface area contributed by atoms with E-state index in [0.29, 0.717) is 12.3 Å². The maximum atomic E-state index is 11.4. The molecular weight excluding hydrogens is 290 g/mol. The summed E-state index contributed by atoms with van der Waals surface area (Å²) in [6.45, 7) is 5.98. The molecule has 1 N–H and O–H groups in total. The zero-order chi connectivity index (χ0) is 17.0. The summed E-state index contributed by atoms with van der Waals surface area (Å²) in [5.41, 5.74) is 1.52. The van der Waals surface area contributed by atoms with Gasteiger partial charge < -0.3 is 5.11 Å². The van der Waals surface area contributed by atoms with Crippen LogP contribution in [0.1, 0.15) is 70.4 Å². The van der Waals surface area contributed by atoms with Gasteiger partial charge in [-0.2, -0.15) is 0 Å². The predicted octanol–water partition coefficient (Wildman–Crippen LogP) is 4.77. The number of hydrogen-bond donors (Lipinski definition) is 1. The fraction of sp³-hybridized carbons (Fsp3) is 0.684. The molecule has 23 heavy (non-hydrogen) atoms. The zero-order valence-corrected chi connectivity index (χ0v) is 14.5. The van der Waals surface area contributed by atoms with Crippen molar-refractivity contribution < 1.29 is 10.0 Å². The Morgan fingerprint density at radius 2 is 1.91 bits per heavy atom. The highest BCUT2D eigenvalue weighted by molar-refractivity contribution is 5.49. The third kappa shape index (κ3) is 4.77. The summed E-state index contributed by atoms with van der Waals surface area (Å²) in [5.74, 6) is 0.607. The Balaban J connectivity index is 2.18. The van der Waals surface area contributed by atoms with Gasteiger partial charge in [0.25, 0.3) is 5.69 Å². The first kappa shape index (κ1) is 17.9. The third-order valence-electron chi connectivity index (χ3n) is 4.86. The third-order valence-corrected chi connectivity index (χ3v) is 4.86. The van der Waals surface area contributed by atoms with Crippen LogP contribution in [0.2, 0.25) is 0 Å². The van der Waals surface area contributed by atoms with Crippen molar-refractivity contribution in [2.24, 2.45) is 5.92 Å². The molecule has 0 heterocycles. The van der Waals surface area contributed by atoms with Crippen LogP contribution in [0.5, 0.6) is 0 Å². The van der Waals surface area contributed by atoms with Crippen molar-refractivity contribution in [1.29, 1.82) is 0 Å². The topological polar surface area (TPSA) is 63.4 Å². The van der Waals surface area contributed by atoms with E-state index in [-0.39, 0.29) is 16.0 Å². The molecule has 1 atom stereocenters. The first-order valence-corrected chi connectivity index (χ1v) is 8.74. The molecule has 1 aliphatic carbocycles. The minimum Gasteiger partial charge on any atom is -0.393 e. The van der Waals surface area contributed by atoms with Crippen LogP contribution in [0, 0.1) is 16.0 Å². The molecule has 1 fully saturated rings. The summed E-state index contributed by atoms with van der Waals surface area (Å²) in [5, 5.41) is 21.9. The van der Waals surface area contributed by atoms with E-state index in [9.17, 15) is 15.2 Å². The lowest BCUT2D eigenvalue weighted by Gasteiger charge is -2.26. The average molecular weight is 319 g/mol. The van der Waals surface area contributed by atoms with Crippen LogP contribution >= 0.6 is 0 Å². The van der Waals surface area contributed by atoms with Crippen molar-refractivity contribution in [3.8, 4) is 0 Å². The molecule has 0 aliphatic heterocycles. The van der Waals surface area contributed by atoms with E-state index >= 15 is 0 Å². The first-order chi connectivity index (χ1) is 10.8. The zero-order valence-electron chi connectivity index (χ0n) is 14.5. The fourth-order valence-electron chi connectivity index (χ4n) is 3.92. The molecular formula is C19H29NO3. The summed E-state index contributed by atoms with van der Waals surface area (Å²) < 4.78 is 0. The Hall–Kier alpha value is -1.42. The number of benzene rings is 1. The second-order valence-corrected chi connectivity index (χ2v) is 7.92. The quantitative estimate of drug-likeness (QED) is 0.628. The van der Waals surface area contributed by atoms with Gasteiger partial charge in [-0.3, -0.25) is 10.1 Å². The van der Waals surface area contributed by atoms with Gasteiger partial charge in [0.2, 0.25) is 0 Å². The van der Waals surface area contributed by atoms with Gasteiger partial charge >= 0.3 is 0 Å². The Morgan fingerprint density at radius 1 is 1.26 bits per heavy atom. The molecule has 4 nitrogen and oxygen atoms in total. The van der Waals surface area contributed by atoms with Gasteiger partial charge in [-0.1, -0.05) is 65.0 Å². The minimum atomic E-state index is -0.416. The van der Waals surface area contributed by atoms with Crippen molar-refractivity contribution >= 4 is 5.69 Å². The van der Waals surface area contributed by atoms with E-state index in [0.717, 1.165) is 17.5 Å². The molecule has 0 bridgehead atoms. The predicted molar refractivity (Wildman–Crippen MR) is 92.7 cm³/mol. The van der Waals surface area contributed by atoms with Crippen LogP contribution in [0.4, 0.5) is 5.69 Å². The Kier molecular flexibility index (Phi) is 5.79. The van der Waals surface area contributed by atoms with E-state index in [1.165, 1.54) is 32.1 Å². The lowest BCUT2D eigenvalue weighted by atomic mass is 9.79. The van der Waals surface area contributed by atoms with Crippen LogP contribution in [0.15, 0.2) is 18.2 Å². The van der Waals surface area contributed by atoms with Gasteiger partial charge in [0.15, 0.2) is 0 Å². The van der Waals surface area contributed by atoms with Gasteiger partial charge in [0.05, 0.1) is 11.0 Å². The number of nitrogens with zero attached hydrogens (tertiary/aromatic N) is 1. The monoisotopic (exact) mass is 319 g/mol. The van der Waals surface area contributed by atoms with Gasteiger partial charge in [0, 0.05) is 11.6 Å². The Bertz CT molecular complexity index is 542. The number of nitro groups is 1. The van der Waals surface area contributed by atoms with Crippen LogP contribution in [0.3, 0.4) is 0 Å². The average Bonchev–Trinajstić information content (AvgIpc) is 2.46. The van der Waals surface area contributed by atoms with Crippen molar-refractivity contribution in [3.63, 3.8) is 0 Å². The second kappa shape index (κ2) is 7.43. The molecule has 1 aliphatic rings. The Morgan fingerprint density at radius 3 is 2.48 bits per heavy atom. The van der Waals surface area contributed by atoms with Gasteiger partial charge in [-0.05, 0) is 29.7 Å². The largest absolute Gasteiger partial charge is 0.393 e. The standard InChI is InChI=1S/C19H29NO3/c1-19(2,3)18-15(10-7-11-17(18)20(22)23)13-16(21)12-14-8-5-4-6-9-14/h7,10-11,14,16,21H,4-6,8-9,12-13H2,1-3H3. The van der Waals surface area contributed by atoms with Crippen LogP contribution in [-0.4, -0.2) is 16.1 Å². The molecule has 2 rings (SSSR count). The summed E-state index contributed by atoms with van der Waals surface area (Å²) >= 11 is 0. The minimum absolute atomic E-state index is 0.167. The SMILES string of the molecule is CC(C)(C)c1c(CC(O)CC2CCCCC2)cccc1[N+](=O)[O-]. The van der Waals surface area contributed by atoms with Gasteiger partial charge in [0.1, 0.15) is 0 Å². The molecule has 1 saturated carbocycles. The number of hydrogen-bond acceptors (Lipinski definition) is 3. The second-order valence-electron chi connectivity index (χ2n) is 7.92. The maximum absolute atomic E-state index is 11.4. The summed E-state index contributed by atoms with van der Waals surface area (Å²) in [6, 6.07) is 5.23. The molecule has 0 amide bonds. The lowest BCUT2D eigenvalue weighted by molar-refractivity contribution is -0.386. The fourth-order valence-corrected chi connectivity index (χ4v) is 3.92. The van der Waals surface area contributed by atoms with Crippen LogP contribution in [-0.2, 0) is 11.8 Å². The highest BCUT2D eigenvalue weighted by atomic mass is 16.6. The smallest absolute Gasteiger partial charge is 0.273 e. The van der Waals surface area contributed by atoms with E-state index < -0.39 is 6.10 Å². The number of aliphatic hydroxyl groups excluding tert-OH is 1. The molecule has 1 aromatic carbocycles. The maximum Gasteiger partial charge on any atom is 0.273 e. The molecule has 4 heteroatoms. The van der Waals surface area contributed by atoms with Gasteiger partial charge in [-0.25, -0.2) is 0 Å². The molecule has 0 radical (unpaired) electrons. The highest BCUT2D eigenvalue weighted by Gasteiger charge is 2.29. The van der Waals surface area contributed by atoms with Crippen molar-refractivity contribution in [1.82, 2.24) is 0 Å².